The molecule has 0 aromatic heterocycles. The smallest absolute Gasteiger partial charge is 0.133 e. The Morgan fingerprint density at radius 3 is 2.79 bits per heavy atom. The summed E-state index contributed by atoms with van der Waals surface area (Å²) in [5, 5.41) is 7.56. The molecule has 0 radical (unpaired) electrons. The SMILES string of the molecule is COc1ccc(C(=N)N)c(OCC2CCOCC2)c1. The Morgan fingerprint density at radius 1 is 1.42 bits per heavy atom. The van der Waals surface area contributed by atoms with Gasteiger partial charge in [0, 0.05) is 19.3 Å². The van der Waals surface area contributed by atoms with Crippen molar-refractivity contribution in [2.24, 2.45) is 11.7 Å². The van der Waals surface area contributed by atoms with Gasteiger partial charge >= 0.3 is 0 Å². The van der Waals surface area contributed by atoms with E-state index in [1.807, 2.05) is 0 Å². The summed E-state index contributed by atoms with van der Waals surface area (Å²) in [6.07, 6.45) is 2.03. The van der Waals surface area contributed by atoms with E-state index in [1.54, 1.807) is 25.3 Å². The largest absolute Gasteiger partial charge is 0.497 e. The van der Waals surface area contributed by atoms with Crippen molar-refractivity contribution in [3.63, 3.8) is 0 Å². The van der Waals surface area contributed by atoms with Crippen LogP contribution in [0.25, 0.3) is 0 Å². The van der Waals surface area contributed by atoms with Crippen LogP contribution in [0.1, 0.15) is 18.4 Å². The molecule has 1 heterocycles. The predicted molar refractivity (Wildman–Crippen MR) is 73.0 cm³/mol. The molecule has 0 atom stereocenters. The normalized spacial score (nSPS) is 16.1. The van der Waals surface area contributed by atoms with Gasteiger partial charge in [-0.05, 0) is 30.9 Å². The summed E-state index contributed by atoms with van der Waals surface area (Å²) >= 11 is 0. The van der Waals surface area contributed by atoms with Gasteiger partial charge in [-0.2, -0.15) is 0 Å². The van der Waals surface area contributed by atoms with E-state index in [-0.39, 0.29) is 5.84 Å². The number of methoxy groups -OCH3 is 1. The van der Waals surface area contributed by atoms with E-state index in [2.05, 4.69) is 0 Å². The summed E-state index contributed by atoms with van der Waals surface area (Å²) in [6, 6.07) is 5.30. The zero-order valence-corrected chi connectivity index (χ0v) is 11.1. The Balaban J connectivity index is 2.06. The molecule has 1 fully saturated rings. The molecule has 1 aromatic rings. The monoisotopic (exact) mass is 264 g/mol. The van der Waals surface area contributed by atoms with Crippen LogP contribution >= 0.6 is 0 Å². The van der Waals surface area contributed by atoms with Crippen molar-refractivity contribution in [1.29, 1.82) is 5.41 Å². The first-order valence-corrected chi connectivity index (χ1v) is 6.43. The van der Waals surface area contributed by atoms with Gasteiger partial charge in [-0.1, -0.05) is 0 Å². The number of nitrogens with one attached hydrogen (secondary N) is 1. The average Bonchev–Trinajstić information content (AvgIpc) is 2.45. The Kier molecular flexibility index (Phi) is 4.63. The van der Waals surface area contributed by atoms with E-state index >= 15 is 0 Å². The fourth-order valence-corrected chi connectivity index (χ4v) is 2.09. The Bertz CT molecular complexity index is 442. The van der Waals surface area contributed by atoms with E-state index in [0.29, 0.717) is 29.6 Å². The molecule has 0 saturated carbocycles. The summed E-state index contributed by atoms with van der Waals surface area (Å²) in [5.41, 5.74) is 6.16. The third-order valence-corrected chi connectivity index (χ3v) is 3.29. The van der Waals surface area contributed by atoms with Gasteiger partial charge in [0.05, 0.1) is 19.3 Å². The lowest BCUT2D eigenvalue weighted by molar-refractivity contribution is 0.0497. The van der Waals surface area contributed by atoms with Gasteiger partial charge in [-0.15, -0.1) is 0 Å². The van der Waals surface area contributed by atoms with Crippen LogP contribution in [0.2, 0.25) is 0 Å². The van der Waals surface area contributed by atoms with E-state index in [4.69, 9.17) is 25.4 Å². The number of hydrogen-bond acceptors (Lipinski definition) is 4. The highest BCUT2D eigenvalue weighted by atomic mass is 16.5. The van der Waals surface area contributed by atoms with Crippen molar-refractivity contribution < 1.29 is 14.2 Å². The molecule has 5 nitrogen and oxygen atoms in total. The molecule has 0 amide bonds. The molecule has 0 spiro atoms. The molecule has 1 aliphatic heterocycles. The molecule has 19 heavy (non-hydrogen) atoms. The van der Waals surface area contributed by atoms with E-state index in [0.717, 1.165) is 26.1 Å². The average molecular weight is 264 g/mol. The number of nitrogens with two attached hydrogens (primary N) is 1. The van der Waals surface area contributed by atoms with E-state index in [9.17, 15) is 0 Å². The number of benzene rings is 1. The standard InChI is InChI=1S/C14H20N2O3/c1-17-11-2-3-12(14(15)16)13(8-11)19-9-10-4-6-18-7-5-10/h2-3,8,10H,4-7,9H2,1H3,(H3,15,16). The Morgan fingerprint density at radius 2 is 2.16 bits per heavy atom. The van der Waals surface area contributed by atoms with Gasteiger partial charge in [0.1, 0.15) is 17.3 Å². The summed E-state index contributed by atoms with van der Waals surface area (Å²) in [6.45, 7) is 2.22. The molecule has 104 valence electrons. The van der Waals surface area contributed by atoms with Crippen LogP contribution in [-0.2, 0) is 4.74 Å². The van der Waals surface area contributed by atoms with Crippen LogP contribution in [0.3, 0.4) is 0 Å². The lowest BCUT2D eigenvalue weighted by Crippen LogP contribution is -2.22. The summed E-state index contributed by atoms with van der Waals surface area (Å²) in [5.74, 6) is 1.81. The molecular formula is C14H20N2O3. The van der Waals surface area contributed by atoms with Crippen molar-refractivity contribution in [1.82, 2.24) is 0 Å². The first-order valence-electron chi connectivity index (χ1n) is 6.43. The Labute approximate surface area is 113 Å². The molecule has 0 aliphatic carbocycles. The first-order chi connectivity index (χ1) is 9.20. The number of hydrogen-bond donors (Lipinski definition) is 2. The van der Waals surface area contributed by atoms with Crippen molar-refractivity contribution in [3.8, 4) is 11.5 Å². The van der Waals surface area contributed by atoms with E-state index < -0.39 is 0 Å². The van der Waals surface area contributed by atoms with Gasteiger partial charge in [-0.3, -0.25) is 5.41 Å². The highest BCUT2D eigenvalue weighted by Crippen LogP contribution is 2.26. The molecule has 1 aliphatic rings. The number of nitrogen functional groups attached to an aromatic ring is 1. The maximum absolute atomic E-state index is 7.56. The van der Waals surface area contributed by atoms with Crippen molar-refractivity contribution in [2.45, 2.75) is 12.8 Å². The summed E-state index contributed by atoms with van der Waals surface area (Å²) in [7, 11) is 1.60. The molecule has 3 N–H and O–H groups in total. The van der Waals surface area contributed by atoms with Crippen LogP contribution in [0.4, 0.5) is 0 Å². The molecule has 1 aromatic carbocycles. The highest BCUT2D eigenvalue weighted by Gasteiger charge is 2.16. The molecule has 5 heteroatoms. The minimum Gasteiger partial charge on any atom is -0.497 e. The van der Waals surface area contributed by atoms with Crippen LogP contribution in [0, 0.1) is 11.3 Å². The summed E-state index contributed by atoms with van der Waals surface area (Å²) in [4.78, 5) is 0. The van der Waals surface area contributed by atoms with Gasteiger partial charge in [0.25, 0.3) is 0 Å². The van der Waals surface area contributed by atoms with Gasteiger partial charge in [-0.25, -0.2) is 0 Å². The van der Waals surface area contributed by atoms with Crippen LogP contribution < -0.4 is 15.2 Å². The lowest BCUT2D eigenvalue weighted by Gasteiger charge is -2.22. The third kappa shape index (κ3) is 3.61. The van der Waals surface area contributed by atoms with Gasteiger partial charge in [0.15, 0.2) is 0 Å². The van der Waals surface area contributed by atoms with Gasteiger partial charge in [0.2, 0.25) is 0 Å². The molecule has 2 rings (SSSR count). The van der Waals surface area contributed by atoms with Crippen molar-refractivity contribution in [3.05, 3.63) is 23.8 Å². The zero-order valence-electron chi connectivity index (χ0n) is 11.1. The molecule has 0 bridgehead atoms. The first kappa shape index (κ1) is 13.7. The van der Waals surface area contributed by atoms with E-state index in [1.165, 1.54) is 0 Å². The van der Waals surface area contributed by atoms with Crippen LogP contribution in [0.5, 0.6) is 11.5 Å². The maximum Gasteiger partial charge on any atom is 0.133 e. The maximum atomic E-state index is 7.56. The second-order valence-electron chi connectivity index (χ2n) is 4.64. The minimum atomic E-state index is 0.00429. The molecule has 1 saturated heterocycles. The fourth-order valence-electron chi connectivity index (χ4n) is 2.09. The predicted octanol–water partition coefficient (Wildman–Crippen LogP) is 1.78. The number of ether oxygens (including phenoxy) is 3. The minimum absolute atomic E-state index is 0.00429. The van der Waals surface area contributed by atoms with Gasteiger partial charge < -0.3 is 19.9 Å². The highest BCUT2D eigenvalue weighted by molar-refractivity contribution is 5.97. The van der Waals surface area contributed by atoms with Crippen molar-refractivity contribution in [2.75, 3.05) is 26.9 Å². The lowest BCUT2D eigenvalue weighted by atomic mass is 10.0. The second kappa shape index (κ2) is 6.43. The molecule has 0 unspecified atom stereocenters. The second-order valence-corrected chi connectivity index (χ2v) is 4.64. The summed E-state index contributed by atoms with van der Waals surface area (Å²) < 4.78 is 16.3. The number of rotatable bonds is 5. The fraction of sp³-hybridized carbons (Fsp3) is 0.500. The quantitative estimate of drug-likeness (QED) is 0.628. The Hall–Kier alpha value is -1.75. The topological polar surface area (TPSA) is 77.6 Å². The van der Waals surface area contributed by atoms with Crippen LogP contribution in [-0.4, -0.2) is 32.8 Å². The third-order valence-electron chi connectivity index (χ3n) is 3.29. The molecular weight excluding hydrogens is 244 g/mol. The van der Waals surface area contributed by atoms with Crippen LogP contribution in [0.15, 0.2) is 18.2 Å². The number of amidine groups is 1. The zero-order chi connectivity index (χ0) is 13.7. The van der Waals surface area contributed by atoms with Crippen molar-refractivity contribution >= 4 is 5.84 Å².